The molecule has 1 aliphatic rings. The van der Waals surface area contributed by atoms with E-state index in [-0.39, 0.29) is 35.5 Å². The first-order chi connectivity index (χ1) is 18.4. The van der Waals surface area contributed by atoms with Gasteiger partial charge in [-0.25, -0.2) is 0 Å². The summed E-state index contributed by atoms with van der Waals surface area (Å²) in [5.74, 6) is -2.75. The predicted molar refractivity (Wildman–Crippen MR) is 152 cm³/mol. The number of ketones is 1. The minimum absolute atomic E-state index is 0.0862. The molecule has 40 heavy (non-hydrogen) atoms. The highest BCUT2D eigenvalue weighted by atomic mass is 16.6. The molecule has 1 rings (SSSR count). The van der Waals surface area contributed by atoms with Gasteiger partial charge in [0, 0.05) is 14.0 Å². The molecule has 4 N–H and O–H groups in total. The first-order valence-electron chi connectivity index (χ1n) is 14.5. The number of aliphatic hydroxyl groups excluding tert-OH is 1. The Morgan fingerprint density at radius 3 is 1.75 bits per heavy atom. The zero-order valence-corrected chi connectivity index (χ0v) is 26.2. The molecule has 1 saturated heterocycles. The fraction of sp³-hybridized carbons (Fsp3) is 0.828. The smallest absolute Gasteiger partial charge is 0.245 e. The number of carbonyl (C=O) groups is 5. The van der Waals surface area contributed by atoms with E-state index in [4.69, 9.17) is 4.74 Å². The Morgan fingerprint density at radius 1 is 0.875 bits per heavy atom. The number of likely N-dealkylation sites (N-methyl/N-ethyl adjacent to an activating group) is 1. The fourth-order valence-corrected chi connectivity index (χ4v) is 4.73. The standard InChI is InChI=1S/C29H52N4O7/c1-12-16(5)22(31-28(39)24(17(6)13-2)33(11)20(9)35)26(37)32-23(18(7)34)27(38)30-21(14-15(3)4)25(36)29(10)19(8)40-29/h15-19,21-24,34H,12-14H2,1-11H3,(H,30,38)(H,31,39)(H,32,37)/t16-,17-,18+,19-,21-,22-,23-,24-,29+/m0/s1. The van der Waals surface area contributed by atoms with Crippen molar-refractivity contribution in [3.05, 3.63) is 0 Å². The van der Waals surface area contributed by atoms with Gasteiger partial charge in [-0.05, 0) is 44.9 Å². The van der Waals surface area contributed by atoms with Crippen LogP contribution >= 0.6 is 0 Å². The molecule has 1 aliphatic heterocycles. The van der Waals surface area contributed by atoms with Gasteiger partial charge in [-0.1, -0.05) is 54.4 Å². The largest absolute Gasteiger partial charge is 0.391 e. The number of hydrogen-bond donors (Lipinski definition) is 4. The van der Waals surface area contributed by atoms with Crippen molar-refractivity contribution in [2.75, 3.05) is 7.05 Å². The molecule has 0 radical (unpaired) electrons. The summed E-state index contributed by atoms with van der Waals surface area (Å²) in [5.41, 5.74) is -0.985. The van der Waals surface area contributed by atoms with E-state index in [1.54, 1.807) is 27.8 Å². The van der Waals surface area contributed by atoms with Crippen molar-refractivity contribution in [1.29, 1.82) is 0 Å². The Bertz CT molecular complexity index is 924. The second-order valence-electron chi connectivity index (χ2n) is 12.0. The second kappa shape index (κ2) is 14.9. The zero-order chi connectivity index (χ0) is 31.1. The van der Waals surface area contributed by atoms with Gasteiger partial charge < -0.3 is 30.7 Å². The van der Waals surface area contributed by atoms with Crippen molar-refractivity contribution >= 4 is 29.4 Å². The highest BCUT2D eigenvalue weighted by molar-refractivity contribution is 5.99. The zero-order valence-electron chi connectivity index (χ0n) is 26.2. The summed E-state index contributed by atoms with van der Waals surface area (Å²) in [7, 11) is 1.55. The maximum atomic E-state index is 13.5. The van der Waals surface area contributed by atoms with Crippen molar-refractivity contribution < 1.29 is 33.8 Å². The molecular formula is C29H52N4O7. The number of amides is 4. The molecule has 4 amide bonds. The van der Waals surface area contributed by atoms with Crippen LogP contribution in [0.15, 0.2) is 0 Å². The quantitative estimate of drug-likeness (QED) is 0.206. The number of nitrogens with one attached hydrogen (secondary N) is 3. The lowest BCUT2D eigenvalue weighted by molar-refractivity contribution is -0.141. The van der Waals surface area contributed by atoms with Crippen molar-refractivity contribution in [1.82, 2.24) is 20.9 Å². The molecule has 0 aliphatic carbocycles. The van der Waals surface area contributed by atoms with E-state index < -0.39 is 53.6 Å². The summed E-state index contributed by atoms with van der Waals surface area (Å²) >= 11 is 0. The lowest BCUT2D eigenvalue weighted by Gasteiger charge is -2.34. The Kier molecular flexibility index (Phi) is 13.2. The van der Waals surface area contributed by atoms with E-state index in [0.29, 0.717) is 19.3 Å². The van der Waals surface area contributed by atoms with Crippen LogP contribution in [0.2, 0.25) is 0 Å². The number of carbonyl (C=O) groups excluding carboxylic acids is 5. The van der Waals surface area contributed by atoms with Gasteiger partial charge in [-0.3, -0.25) is 24.0 Å². The van der Waals surface area contributed by atoms with Crippen LogP contribution in [0.1, 0.15) is 88.5 Å². The average Bonchev–Trinajstić information content (AvgIpc) is 3.50. The number of ether oxygens (including phenoxy) is 1. The summed E-state index contributed by atoms with van der Waals surface area (Å²) in [6, 6.07) is -4.03. The molecule has 11 heteroatoms. The average molecular weight is 569 g/mol. The maximum Gasteiger partial charge on any atom is 0.245 e. The van der Waals surface area contributed by atoms with Crippen molar-refractivity contribution in [2.24, 2.45) is 17.8 Å². The summed E-state index contributed by atoms with van der Waals surface area (Å²) < 4.78 is 5.48. The molecular weight excluding hydrogens is 516 g/mol. The lowest BCUT2D eigenvalue weighted by atomic mass is 9.91. The Morgan fingerprint density at radius 2 is 1.35 bits per heavy atom. The highest BCUT2D eigenvalue weighted by Gasteiger charge is 2.57. The highest BCUT2D eigenvalue weighted by Crippen LogP contribution is 2.38. The van der Waals surface area contributed by atoms with Crippen LogP contribution in [-0.4, -0.2) is 88.4 Å². The molecule has 0 bridgehead atoms. The number of epoxide rings is 1. The van der Waals surface area contributed by atoms with Crippen LogP contribution in [-0.2, 0) is 28.7 Å². The minimum atomic E-state index is -1.37. The molecule has 11 nitrogen and oxygen atoms in total. The lowest BCUT2D eigenvalue weighted by Crippen LogP contribution is -2.62. The van der Waals surface area contributed by atoms with E-state index in [9.17, 15) is 29.1 Å². The molecule has 0 aromatic carbocycles. The second-order valence-corrected chi connectivity index (χ2v) is 12.0. The van der Waals surface area contributed by atoms with Gasteiger partial charge in [0.15, 0.2) is 11.4 Å². The van der Waals surface area contributed by atoms with Gasteiger partial charge in [0.05, 0.1) is 18.2 Å². The predicted octanol–water partition coefficient (Wildman–Crippen LogP) is 1.55. The third kappa shape index (κ3) is 8.99. The van der Waals surface area contributed by atoms with Crippen molar-refractivity contribution in [3.8, 4) is 0 Å². The van der Waals surface area contributed by atoms with E-state index >= 15 is 0 Å². The Balaban J connectivity index is 3.17. The maximum absolute atomic E-state index is 13.5. The normalized spacial score (nSPS) is 23.6. The molecule has 9 atom stereocenters. The number of aliphatic hydroxyl groups is 1. The van der Waals surface area contributed by atoms with Gasteiger partial charge in [0.1, 0.15) is 18.1 Å². The third-order valence-corrected chi connectivity index (χ3v) is 8.19. The minimum Gasteiger partial charge on any atom is -0.391 e. The first kappa shape index (κ1) is 35.5. The SMILES string of the molecule is CC[C@H](C)[C@H](NC(=O)[C@H]([C@@H](C)CC)N(C)C(C)=O)C(=O)N[C@H](C(=O)N[C@@H](CC(C)C)C(=O)[C@]1(C)O[C@H]1C)[C@@H](C)O. The van der Waals surface area contributed by atoms with Crippen LogP contribution in [0.5, 0.6) is 0 Å². The fourth-order valence-electron chi connectivity index (χ4n) is 4.73. The summed E-state index contributed by atoms with van der Waals surface area (Å²) in [6.45, 7) is 17.5. The molecule has 0 aromatic heterocycles. The summed E-state index contributed by atoms with van der Waals surface area (Å²) in [4.78, 5) is 66.8. The molecule has 0 unspecified atom stereocenters. The van der Waals surface area contributed by atoms with Gasteiger partial charge in [0.2, 0.25) is 23.6 Å². The van der Waals surface area contributed by atoms with Crippen LogP contribution < -0.4 is 16.0 Å². The van der Waals surface area contributed by atoms with Crippen LogP contribution in [0.25, 0.3) is 0 Å². The van der Waals surface area contributed by atoms with Gasteiger partial charge in [-0.15, -0.1) is 0 Å². The number of nitrogens with zero attached hydrogens (tertiary/aromatic N) is 1. The van der Waals surface area contributed by atoms with E-state index in [0.717, 1.165) is 0 Å². The molecule has 0 saturated carbocycles. The van der Waals surface area contributed by atoms with Crippen molar-refractivity contribution in [2.45, 2.75) is 130 Å². The van der Waals surface area contributed by atoms with Gasteiger partial charge >= 0.3 is 0 Å². The van der Waals surface area contributed by atoms with Gasteiger partial charge in [0.25, 0.3) is 0 Å². The molecule has 230 valence electrons. The van der Waals surface area contributed by atoms with Crippen LogP contribution in [0.4, 0.5) is 0 Å². The Labute approximate surface area is 239 Å². The monoisotopic (exact) mass is 568 g/mol. The Hall–Kier alpha value is -2.53. The molecule has 1 heterocycles. The van der Waals surface area contributed by atoms with E-state index in [2.05, 4.69) is 16.0 Å². The first-order valence-corrected chi connectivity index (χ1v) is 14.5. The topological polar surface area (TPSA) is 157 Å². The number of hydrogen-bond acceptors (Lipinski definition) is 7. The molecule has 0 spiro atoms. The van der Waals surface area contributed by atoms with E-state index in [1.165, 1.54) is 18.7 Å². The summed E-state index contributed by atoms with van der Waals surface area (Å²) in [5, 5.41) is 18.6. The van der Waals surface area contributed by atoms with Crippen molar-refractivity contribution in [3.63, 3.8) is 0 Å². The number of rotatable bonds is 16. The van der Waals surface area contributed by atoms with E-state index in [1.807, 2.05) is 34.6 Å². The van der Waals surface area contributed by atoms with Gasteiger partial charge in [-0.2, -0.15) is 0 Å². The summed E-state index contributed by atoms with van der Waals surface area (Å²) in [6.07, 6.45) is 0.000186. The van der Waals surface area contributed by atoms with Crippen LogP contribution in [0, 0.1) is 17.8 Å². The van der Waals surface area contributed by atoms with Crippen LogP contribution in [0.3, 0.4) is 0 Å². The molecule has 0 aromatic rings. The molecule has 1 fully saturated rings. The number of Topliss-reactive ketones (excluding diaryl/α,β-unsaturated/α-hetero) is 1. The third-order valence-electron chi connectivity index (χ3n) is 8.19.